The first-order valence-corrected chi connectivity index (χ1v) is 7.08. The van der Waals surface area contributed by atoms with Gasteiger partial charge in [-0.3, -0.25) is 10.2 Å². The van der Waals surface area contributed by atoms with Crippen molar-refractivity contribution in [2.24, 2.45) is 0 Å². The minimum atomic E-state index is -0.832. The topological polar surface area (TPSA) is 32.3 Å². The fourth-order valence-electron chi connectivity index (χ4n) is 2.14. The average Bonchev–Trinajstić information content (AvgIpc) is 2.47. The van der Waals surface area contributed by atoms with Gasteiger partial charge in [-0.15, -0.1) is 0 Å². The molecule has 0 saturated carbocycles. The molecule has 0 saturated heterocycles. The second-order valence-electron chi connectivity index (χ2n) is 4.99. The number of nitrogens with zero attached hydrogens (tertiary/aromatic N) is 1. The summed E-state index contributed by atoms with van der Waals surface area (Å²) >= 11 is 0. The van der Waals surface area contributed by atoms with Crippen LogP contribution in [0.2, 0.25) is 0 Å². The van der Waals surface area contributed by atoms with Crippen molar-refractivity contribution in [3.63, 3.8) is 0 Å². The first kappa shape index (κ1) is 17.3. The second-order valence-corrected chi connectivity index (χ2v) is 4.99. The van der Waals surface area contributed by atoms with Gasteiger partial charge in [-0.2, -0.15) is 0 Å². The van der Waals surface area contributed by atoms with E-state index in [0.29, 0.717) is 31.4 Å². The molecular formula is C16H22F2N2O. The monoisotopic (exact) mass is 296 g/mol. The third kappa shape index (κ3) is 4.93. The Balaban J connectivity index is 2.63. The van der Waals surface area contributed by atoms with Crippen LogP contribution in [-0.4, -0.2) is 24.0 Å². The highest BCUT2D eigenvalue weighted by Crippen LogP contribution is 2.18. The molecule has 1 aromatic carbocycles. The quantitative estimate of drug-likeness (QED) is 0.431. The molecule has 21 heavy (non-hydrogen) atoms. The summed E-state index contributed by atoms with van der Waals surface area (Å²) in [6.45, 7) is 8.63. The van der Waals surface area contributed by atoms with E-state index in [0.717, 1.165) is 18.1 Å². The molecule has 0 spiro atoms. The van der Waals surface area contributed by atoms with E-state index in [4.69, 9.17) is 0 Å². The summed E-state index contributed by atoms with van der Waals surface area (Å²) in [6.07, 6.45) is 2.43. The van der Waals surface area contributed by atoms with E-state index in [-0.39, 0.29) is 6.04 Å². The van der Waals surface area contributed by atoms with Crippen molar-refractivity contribution in [1.29, 1.82) is 0 Å². The number of hydrazine groups is 1. The van der Waals surface area contributed by atoms with Gasteiger partial charge in [-0.1, -0.05) is 31.2 Å². The minimum Gasteiger partial charge on any atom is -0.291 e. The fraction of sp³-hybridized carbons (Fsp3) is 0.438. The molecule has 0 fully saturated rings. The number of hydrogen-bond donors (Lipinski definition) is 1. The largest absolute Gasteiger partial charge is 0.291 e. The van der Waals surface area contributed by atoms with Gasteiger partial charge in [-0.05, 0) is 37.8 Å². The Morgan fingerprint density at radius 2 is 2.19 bits per heavy atom. The van der Waals surface area contributed by atoms with Crippen molar-refractivity contribution in [1.82, 2.24) is 10.4 Å². The number of carbonyl (C=O) groups is 1. The molecule has 1 amide bonds. The highest BCUT2D eigenvalue weighted by Gasteiger charge is 2.16. The molecule has 1 rings (SSSR count). The lowest BCUT2D eigenvalue weighted by atomic mass is 10.0. The van der Waals surface area contributed by atoms with E-state index >= 15 is 0 Å². The summed E-state index contributed by atoms with van der Waals surface area (Å²) in [5.41, 5.74) is 3.84. The van der Waals surface area contributed by atoms with Gasteiger partial charge in [0.25, 0.3) is 0 Å². The van der Waals surface area contributed by atoms with Crippen LogP contribution in [0.15, 0.2) is 30.4 Å². The van der Waals surface area contributed by atoms with Crippen LogP contribution in [0.1, 0.15) is 32.3 Å². The first-order valence-electron chi connectivity index (χ1n) is 7.08. The van der Waals surface area contributed by atoms with Crippen molar-refractivity contribution < 1.29 is 13.6 Å². The molecule has 0 aromatic heterocycles. The van der Waals surface area contributed by atoms with E-state index in [1.54, 1.807) is 11.1 Å². The van der Waals surface area contributed by atoms with Crippen LogP contribution in [0.5, 0.6) is 0 Å². The molecule has 1 N–H and O–H groups in total. The zero-order chi connectivity index (χ0) is 15.8. The predicted octanol–water partition coefficient (Wildman–Crippen LogP) is 3.22. The molecule has 0 radical (unpaired) electrons. The zero-order valence-corrected chi connectivity index (χ0v) is 12.5. The molecule has 5 heteroatoms. The minimum absolute atomic E-state index is 0.0632. The number of benzene rings is 1. The number of nitrogens with one attached hydrogen (secondary N) is 1. The van der Waals surface area contributed by atoms with Crippen molar-refractivity contribution in [3.05, 3.63) is 47.5 Å². The Hall–Kier alpha value is -1.75. The summed E-state index contributed by atoms with van der Waals surface area (Å²) in [5, 5.41) is 1.79. The van der Waals surface area contributed by atoms with Crippen molar-refractivity contribution in [3.8, 4) is 0 Å². The normalized spacial score (nSPS) is 12.2. The zero-order valence-electron chi connectivity index (χ0n) is 12.5. The van der Waals surface area contributed by atoms with Crippen molar-refractivity contribution in [2.45, 2.75) is 39.2 Å². The van der Waals surface area contributed by atoms with Crippen LogP contribution in [0.25, 0.3) is 0 Å². The third-order valence-corrected chi connectivity index (χ3v) is 3.49. The molecular weight excluding hydrogens is 274 g/mol. The second kappa shape index (κ2) is 8.52. The molecule has 0 aliphatic heterocycles. The highest BCUT2D eigenvalue weighted by molar-refractivity contribution is 5.45. The maximum Gasteiger partial charge on any atom is 0.221 e. The molecule has 116 valence electrons. The highest BCUT2D eigenvalue weighted by atomic mass is 19.2. The molecule has 0 heterocycles. The van der Waals surface area contributed by atoms with Crippen LogP contribution in [0.4, 0.5) is 8.78 Å². The van der Waals surface area contributed by atoms with Crippen molar-refractivity contribution in [2.75, 3.05) is 6.54 Å². The molecule has 0 aliphatic rings. The van der Waals surface area contributed by atoms with E-state index in [2.05, 4.69) is 12.0 Å². The number of halogens is 2. The summed E-state index contributed by atoms with van der Waals surface area (Å²) < 4.78 is 26.7. The number of carbonyl (C=O) groups excluding carboxylic acids is 1. The van der Waals surface area contributed by atoms with Crippen LogP contribution < -0.4 is 5.43 Å². The third-order valence-electron chi connectivity index (χ3n) is 3.49. The van der Waals surface area contributed by atoms with Gasteiger partial charge < -0.3 is 0 Å². The van der Waals surface area contributed by atoms with Crippen LogP contribution in [0, 0.1) is 11.6 Å². The molecule has 1 atom stereocenters. The predicted molar refractivity (Wildman–Crippen MR) is 79.5 cm³/mol. The Kier molecular flexibility index (Phi) is 7.02. The first-order chi connectivity index (χ1) is 10.0. The van der Waals surface area contributed by atoms with Gasteiger partial charge >= 0.3 is 0 Å². The van der Waals surface area contributed by atoms with Gasteiger partial charge in [0, 0.05) is 12.6 Å². The maximum atomic E-state index is 13.6. The van der Waals surface area contributed by atoms with Crippen molar-refractivity contribution >= 4 is 6.41 Å². The number of aryl methyl sites for hydroxylation is 1. The van der Waals surface area contributed by atoms with Gasteiger partial charge in [0.1, 0.15) is 0 Å². The lowest BCUT2D eigenvalue weighted by Crippen LogP contribution is -2.44. The van der Waals surface area contributed by atoms with E-state index in [1.165, 1.54) is 6.07 Å². The standard InChI is InChI=1S/C16H22F2N2O/c1-4-10-20(19-11-21)13(3)12(2)8-9-14-6-5-7-15(17)16(14)18/h5-7,11,13H,2,4,8-10H2,1,3H3,(H,19,21). The number of hydrogen-bond acceptors (Lipinski definition) is 2. The maximum absolute atomic E-state index is 13.6. The Bertz CT molecular complexity index is 491. The Morgan fingerprint density at radius 1 is 1.48 bits per heavy atom. The number of amides is 1. The summed E-state index contributed by atoms with van der Waals surface area (Å²) in [7, 11) is 0. The summed E-state index contributed by atoms with van der Waals surface area (Å²) in [6, 6.07) is 4.11. The lowest BCUT2D eigenvalue weighted by Gasteiger charge is -2.29. The van der Waals surface area contributed by atoms with Gasteiger partial charge in [0.2, 0.25) is 6.41 Å². The van der Waals surface area contributed by atoms with Gasteiger partial charge in [0.15, 0.2) is 11.6 Å². The Morgan fingerprint density at radius 3 is 2.81 bits per heavy atom. The van der Waals surface area contributed by atoms with Gasteiger partial charge in [0.05, 0.1) is 0 Å². The van der Waals surface area contributed by atoms with E-state index in [1.807, 2.05) is 13.8 Å². The van der Waals surface area contributed by atoms with Gasteiger partial charge in [-0.25, -0.2) is 13.8 Å². The smallest absolute Gasteiger partial charge is 0.221 e. The van der Waals surface area contributed by atoms with E-state index < -0.39 is 11.6 Å². The average molecular weight is 296 g/mol. The van der Waals surface area contributed by atoms with Crippen LogP contribution >= 0.6 is 0 Å². The van der Waals surface area contributed by atoms with Crippen LogP contribution in [-0.2, 0) is 11.2 Å². The van der Waals surface area contributed by atoms with E-state index in [9.17, 15) is 13.6 Å². The molecule has 1 aromatic rings. The summed E-state index contributed by atoms with van der Waals surface area (Å²) in [4.78, 5) is 10.6. The van der Waals surface area contributed by atoms with Crippen LogP contribution in [0.3, 0.4) is 0 Å². The fourth-order valence-corrected chi connectivity index (χ4v) is 2.14. The lowest BCUT2D eigenvalue weighted by molar-refractivity contribution is -0.114. The molecule has 3 nitrogen and oxygen atoms in total. The number of rotatable bonds is 9. The summed E-state index contributed by atoms with van der Waals surface area (Å²) in [5.74, 6) is -1.63. The SMILES string of the molecule is C=C(CCc1cccc(F)c1F)C(C)N(CCC)NC=O. The molecule has 0 aliphatic carbocycles. The Labute approximate surface area is 124 Å². The molecule has 0 bridgehead atoms. The molecule has 1 unspecified atom stereocenters.